The molecule has 1 aromatic heterocycles. The lowest BCUT2D eigenvalue weighted by atomic mass is 9.98. The van der Waals surface area contributed by atoms with Gasteiger partial charge in [-0.3, -0.25) is 0 Å². The topological polar surface area (TPSA) is 54.5 Å². The first-order chi connectivity index (χ1) is 12.1. The maximum absolute atomic E-state index is 12.5. The predicted octanol–water partition coefficient (Wildman–Crippen LogP) is 3.52. The molecule has 0 spiro atoms. The normalized spacial score (nSPS) is 23.5. The fourth-order valence-electron chi connectivity index (χ4n) is 3.39. The van der Waals surface area contributed by atoms with Crippen LogP contribution in [0.3, 0.4) is 0 Å². The highest BCUT2D eigenvalue weighted by molar-refractivity contribution is 7.13. The number of thiazole rings is 1. The van der Waals surface area contributed by atoms with Crippen molar-refractivity contribution in [3.8, 4) is 10.6 Å². The Kier molecular flexibility index (Phi) is 4.48. The van der Waals surface area contributed by atoms with E-state index >= 15 is 0 Å². The van der Waals surface area contributed by atoms with Crippen LogP contribution in [0, 0.1) is 5.92 Å². The number of urea groups is 1. The highest BCUT2D eigenvalue weighted by Gasteiger charge is 2.46. The van der Waals surface area contributed by atoms with Gasteiger partial charge in [0.25, 0.3) is 0 Å². The zero-order valence-electron chi connectivity index (χ0n) is 14.4. The van der Waals surface area contributed by atoms with Crippen molar-refractivity contribution in [2.45, 2.75) is 31.9 Å². The van der Waals surface area contributed by atoms with Crippen molar-refractivity contribution in [3.63, 3.8) is 0 Å². The van der Waals surface area contributed by atoms with Crippen LogP contribution in [0.25, 0.3) is 10.6 Å². The third-order valence-electron chi connectivity index (χ3n) is 5.02. The van der Waals surface area contributed by atoms with Gasteiger partial charge in [-0.05, 0) is 25.7 Å². The van der Waals surface area contributed by atoms with E-state index in [9.17, 15) is 4.79 Å². The number of morpholine rings is 1. The maximum atomic E-state index is 12.5. The molecule has 1 saturated heterocycles. The van der Waals surface area contributed by atoms with Gasteiger partial charge in [-0.25, -0.2) is 9.78 Å². The summed E-state index contributed by atoms with van der Waals surface area (Å²) >= 11 is 1.61. The van der Waals surface area contributed by atoms with E-state index in [4.69, 9.17) is 4.74 Å². The lowest BCUT2D eigenvalue weighted by molar-refractivity contribution is -0.0988. The Morgan fingerprint density at radius 2 is 2.20 bits per heavy atom. The van der Waals surface area contributed by atoms with E-state index in [0.29, 0.717) is 32.2 Å². The summed E-state index contributed by atoms with van der Waals surface area (Å²) in [6.07, 6.45) is 2.43. The van der Waals surface area contributed by atoms with Gasteiger partial charge in [0.2, 0.25) is 0 Å². The summed E-state index contributed by atoms with van der Waals surface area (Å²) in [6.45, 7) is 4.54. The number of nitrogens with one attached hydrogen (secondary N) is 1. The number of benzene rings is 1. The predicted molar refractivity (Wildman–Crippen MR) is 98.4 cm³/mol. The van der Waals surface area contributed by atoms with E-state index in [1.54, 1.807) is 11.3 Å². The molecule has 2 fully saturated rings. The van der Waals surface area contributed by atoms with Crippen LogP contribution in [0.2, 0.25) is 0 Å². The number of hydrogen-bond donors (Lipinski definition) is 1. The van der Waals surface area contributed by atoms with E-state index in [2.05, 4.69) is 17.2 Å². The summed E-state index contributed by atoms with van der Waals surface area (Å²) in [7, 11) is 0. The summed E-state index contributed by atoms with van der Waals surface area (Å²) in [5.74, 6) is 0.607. The van der Waals surface area contributed by atoms with Gasteiger partial charge in [0, 0.05) is 17.5 Å². The molecule has 1 aliphatic carbocycles. The number of aromatic nitrogens is 1. The Hall–Kier alpha value is -1.92. The van der Waals surface area contributed by atoms with Gasteiger partial charge in [-0.1, -0.05) is 30.3 Å². The highest BCUT2D eigenvalue weighted by Crippen LogP contribution is 2.43. The molecule has 0 bridgehead atoms. The molecule has 0 radical (unpaired) electrons. The van der Waals surface area contributed by atoms with Crippen molar-refractivity contribution >= 4 is 17.4 Å². The summed E-state index contributed by atoms with van der Waals surface area (Å²) in [5, 5.41) is 6.00. The Morgan fingerprint density at radius 3 is 2.96 bits per heavy atom. The molecule has 25 heavy (non-hydrogen) atoms. The first-order valence-corrected chi connectivity index (χ1v) is 9.68. The standard InChI is InChI=1S/C19H23N3O2S/c1-19(15-7-8-15)13-22(9-10-24-19)18(23)20-11-16-12-25-17(21-16)14-5-3-2-4-6-14/h2-6,12,15H,7-11,13H2,1H3,(H,20,23). The van der Waals surface area contributed by atoms with Gasteiger partial charge in [-0.2, -0.15) is 0 Å². The van der Waals surface area contributed by atoms with Crippen molar-refractivity contribution in [2.24, 2.45) is 5.92 Å². The number of rotatable bonds is 4. The van der Waals surface area contributed by atoms with Crippen LogP contribution in [0.15, 0.2) is 35.7 Å². The molecule has 1 unspecified atom stereocenters. The Balaban J connectivity index is 1.34. The fourth-order valence-corrected chi connectivity index (χ4v) is 4.21. The number of ether oxygens (including phenoxy) is 1. The molecule has 5 nitrogen and oxygen atoms in total. The molecule has 2 aromatic rings. The lowest BCUT2D eigenvalue weighted by Crippen LogP contribution is -2.55. The van der Waals surface area contributed by atoms with Crippen molar-refractivity contribution in [2.75, 3.05) is 19.7 Å². The molecular weight excluding hydrogens is 334 g/mol. The molecule has 4 rings (SSSR count). The Bertz CT molecular complexity index is 744. The quantitative estimate of drug-likeness (QED) is 0.911. The zero-order valence-corrected chi connectivity index (χ0v) is 15.2. The maximum Gasteiger partial charge on any atom is 0.317 e. The van der Waals surface area contributed by atoms with Crippen LogP contribution in [0.4, 0.5) is 4.79 Å². The first kappa shape index (κ1) is 16.5. The van der Waals surface area contributed by atoms with Gasteiger partial charge in [-0.15, -0.1) is 11.3 Å². The summed E-state index contributed by atoms with van der Waals surface area (Å²) < 4.78 is 5.95. The van der Waals surface area contributed by atoms with E-state index in [1.165, 1.54) is 12.8 Å². The molecular formula is C19H23N3O2S. The largest absolute Gasteiger partial charge is 0.371 e. The Morgan fingerprint density at radius 1 is 1.40 bits per heavy atom. The molecule has 2 aliphatic rings. The van der Waals surface area contributed by atoms with Crippen molar-refractivity contribution < 1.29 is 9.53 Å². The first-order valence-electron chi connectivity index (χ1n) is 8.81. The van der Waals surface area contributed by atoms with Crippen LogP contribution < -0.4 is 5.32 Å². The molecule has 132 valence electrons. The van der Waals surface area contributed by atoms with Crippen LogP contribution in [-0.2, 0) is 11.3 Å². The molecule has 2 heterocycles. The molecule has 1 atom stereocenters. The summed E-state index contributed by atoms with van der Waals surface area (Å²) in [4.78, 5) is 19.0. The second-order valence-corrected chi connectivity index (χ2v) is 7.88. The van der Waals surface area contributed by atoms with Gasteiger partial charge in [0.15, 0.2) is 0 Å². The second-order valence-electron chi connectivity index (χ2n) is 7.03. The lowest BCUT2D eigenvalue weighted by Gasteiger charge is -2.40. The van der Waals surface area contributed by atoms with Gasteiger partial charge in [0.1, 0.15) is 5.01 Å². The van der Waals surface area contributed by atoms with Gasteiger partial charge >= 0.3 is 6.03 Å². The number of hydrogen-bond acceptors (Lipinski definition) is 4. The number of amides is 2. The molecule has 1 saturated carbocycles. The minimum atomic E-state index is -0.170. The van der Waals surface area contributed by atoms with Crippen LogP contribution >= 0.6 is 11.3 Å². The van der Waals surface area contributed by atoms with Crippen LogP contribution in [-0.4, -0.2) is 41.2 Å². The van der Waals surface area contributed by atoms with Crippen LogP contribution in [0.5, 0.6) is 0 Å². The summed E-state index contributed by atoms with van der Waals surface area (Å²) in [5.41, 5.74) is 1.84. The third-order valence-corrected chi connectivity index (χ3v) is 5.96. The van der Waals surface area contributed by atoms with E-state index < -0.39 is 0 Å². The average Bonchev–Trinajstić information content (AvgIpc) is 3.40. The van der Waals surface area contributed by atoms with Gasteiger partial charge < -0.3 is 15.0 Å². The fraction of sp³-hybridized carbons (Fsp3) is 0.474. The minimum absolute atomic E-state index is 0.0237. The minimum Gasteiger partial charge on any atom is -0.371 e. The number of carbonyl (C=O) groups is 1. The molecule has 1 N–H and O–H groups in total. The highest BCUT2D eigenvalue weighted by atomic mass is 32.1. The van der Waals surface area contributed by atoms with Gasteiger partial charge in [0.05, 0.1) is 31.0 Å². The zero-order chi connectivity index (χ0) is 17.3. The SMILES string of the molecule is CC1(C2CC2)CN(C(=O)NCc2csc(-c3ccccc3)n2)CCO1. The van der Waals surface area contributed by atoms with Crippen molar-refractivity contribution in [1.82, 2.24) is 15.2 Å². The number of nitrogens with zero attached hydrogens (tertiary/aromatic N) is 2. The third kappa shape index (κ3) is 3.70. The molecule has 6 heteroatoms. The average molecular weight is 357 g/mol. The molecule has 1 aliphatic heterocycles. The number of carbonyl (C=O) groups excluding carboxylic acids is 1. The van der Waals surface area contributed by atoms with E-state index in [0.717, 1.165) is 16.3 Å². The second kappa shape index (κ2) is 6.77. The Labute approximate surface area is 152 Å². The summed E-state index contributed by atoms with van der Waals surface area (Å²) in [6, 6.07) is 10.1. The smallest absolute Gasteiger partial charge is 0.317 e. The molecule has 1 aromatic carbocycles. The van der Waals surface area contributed by atoms with Crippen molar-refractivity contribution in [3.05, 3.63) is 41.4 Å². The monoisotopic (exact) mass is 357 g/mol. The van der Waals surface area contributed by atoms with E-state index in [1.807, 2.05) is 40.6 Å². The van der Waals surface area contributed by atoms with Crippen molar-refractivity contribution in [1.29, 1.82) is 0 Å². The van der Waals surface area contributed by atoms with Crippen LogP contribution in [0.1, 0.15) is 25.5 Å². The van der Waals surface area contributed by atoms with E-state index in [-0.39, 0.29) is 11.6 Å². The molecule has 2 amide bonds.